The van der Waals surface area contributed by atoms with E-state index in [0.29, 0.717) is 5.69 Å². The van der Waals surface area contributed by atoms with Crippen LogP contribution < -0.4 is 10.6 Å². The van der Waals surface area contributed by atoms with Crippen molar-refractivity contribution in [3.8, 4) is 0 Å². The molecule has 2 N–H and O–H groups in total. The summed E-state index contributed by atoms with van der Waals surface area (Å²) in [4.78, 5) is 25.1. The Morgan fingerprint density at radius 2 is 1.79 bits per heavy atom. The monoisotopic (exact) mass is 400 g/mol. The quantitative estimate of drug-likeness (QED) is 0.826. The van der Waals surface area contributed by atoms with Crippen LogP contribution in [0.1, 0.15) is 38.3 Å². The second-order valence-electron chi connectivity index (χ2n) is 8.02. The van der Waals surface area contributed by atoms with Gasteiger partial charge < -0.3 is 10.6 Å². The summed E-state index contributed by atoms with van der Waals surface area (Å²) in [6, 6.07) is 11.9. The van der Waals surface area contributed by atoms with Gasteiger partial charge in [-0.1, -0.05) is 51.1 Å². The fourth-order valence-electron chi connectivity index (χ4n) is 3.35. The van der Waals surface area contributed by atoms with Crippen LogP contribution in [0.25, 0.3) is 0 Å². The fourth-order valence-corrected chi connectivity index (χ4v) is 5.06. The first kappa shape index (κ1) is 20.1. The van der Waals surface area contributed by atoms with Crippen LogP contribution in [0.2, 0.25) is 0 Å². The van der Waals surface area contributed by atoms with Crippen LogP contribution in [-0.2, 0) is 24.8 Å². The van der Waals surface area contributed by atoms with E-state index >= 15 is 0 Å². The maximum Gasteiger partial charge on any atom is 0.243 e. The van der Waals surface area contributed by atoms with Gasteiger partial charge in [0.05, 0.1) is 17.0 Å². The summed E-state index contributed by atoms with van der Waals surface area (Å²) >= 11 is 0. The van der Waals surface area contributed by atoms with Crippen LogP contribution in [0, 0.1) is 6.92 Å². The summed E-state index contributed by atoms with van der Waals surface area (Å²) in [5.74, 6) is -1.20. The molecule has 2 aromatic rings. The number of benzene rings is 2. The molecule has 0 unspecified atom stereocenters. The zero-order valence-electron chi connectivity index (χ0n) is 16.4. The van der Waals surface area contributed by atoms with Crippen molar-refractivity contribution in [2.24, 2.45) is 0 Å². The summed E-state index contributed by atoms with van der Waals surface area (Å²) < 4.78 is 25.7. The van der Waals surface area contributed by atoms with Gasteiger partial charge in [0.1, 0.15) is 0 Å². The van der Waals surface area contributed by atoms with Crippen molar-refractivity contribution in [2.75, 3.05) is 10.6 Å². The molecule has 7 heteroatoms. The largest absolute Gasteiger partial charge is 0.326 e. The van der Waals surface area contributed by atoms with E-state index in [1.54, 1.807) is 12.1 Å². The third kappa shape index (κ3) is 3.67. The van der Waals surface area contributed by atoms with Crippen LogP contribution in [0.5, 0.6) is 0 Å². The number of para-hydroxylation sites is 2. The zero-order valence-corrected chi connectivity index (χ0v) is 17.2. The van der Waals surface area contributed by atoms with Crippen molar-refractivity contribution in [3.63, 3.8) is 0 Å². The summed E-state index contributed by atoms with van der Waals surface area (Å²) in [5.41, 5.74) is 2.53. The van der Waals surface area contributed by atoms with E-state index in [9.17, 15) is 18.0 Å². The van der Waals surface area contributed by atoms with E-state index in [2.05, 4.69) is 10.6 Å². The lowest BCUT2D eigenvalue weighted by atomic mass is 9.84. The van der Waals surface area contributed by atoms with Gasteiger partial charge >= 0.3 is 0 Å². The smallest absolute Gasteiger partial charge is 0.243 e. The number of aryl methyl sites for hydroxylation is 1. The number of anilines is 2. The molecular formula is C21H24N2O4S. The molecule has 1 aliphatic heterocycles. The molecule has 0 spiro atoms. The number of fused-ring (bicyclic) bond motifs is 1. The Bertz CT molecular complexity index is 1050. The first-order valence-corrected chi connectivity index (χ1v) is 10.6. The number of carbonyl (C=O) groups excluding carboxylic acids is 2. The zero-order chi connectivity index (χ0) is 20.7. The number of hydrogen-bond acceptors (Lipinski definition) is 4. The van der Waals surface area contributed by atoms with Gasteiger partial charge in [0.2, 0.25) is 11.8 Å². The lowest BCUT2D eigenvalue weighted by Gasteiger charge is -2.26. The number of nitrogens with one attached hydrogen (secondary N) is 2. The molecule has 1 heterocycles. The molecule has 28 heavy (non-hydrogen) atoms. The SMILES string of the molecule is Cc1cccc(C(C)(C)C)c1NC(=O)C[C@@H]1C(=O)Nc2ccccc2S1(=O)=O. The van der Waals surface area contributed by atoms with Gasteiger partial charge in [0.15, 0.2) is 15.1 Å². The van der Waals surface area contributed by atoms with Crippen LogP contribution in [0.4, 0.5) is 11.4 Å². The van der Waals surface area contributed by atoms with Crippen molar-refractivity contribution in [1.82, 2.24) is 0 Å². The maximum atomic E-state index is 12.9. The first-order chi connectivity index (χ1) is 13.0. The van der Waals surface area contributed by atoms with Crippen molar-refractivity contribution in [3.05, 3.63) is 53.6 Å². The number of amides is 2. The van der Waals surface area contributed by atoms with Gasteiger partial charge in [-0.2, -0.15) is 0 Å². The number of sulfone groups is 1. The number of rotatable bonds is 3. The highest BCUT2D eigenvalue weighted by Gasteiger charge is 2.41. The molecule has 0 radical (unpaired) electrons. The molecule has 3 rings (SSSR count). The highest BCUT2D eigenvalue weighted by molar-refractivity contribution is 7.93. The standard InChI is InChI=1S/C21H24N2O4S/c1-13-8-7-9-14(21(2,3)4)19(13)23-18(24)12-17-20(25)22-15-10-5-6-11-16(15)28(17,26)27/h5-11,17H,12H2,1-4H3,(H,22,25)(H,23,24)/t17-/m1/s1. The number of hydrogen-bond donors (Lipinski definition) is 2. The van der Waals surface area contributed by atoms with Gasteiger partial charge in [0, 0.05) is 5.69 Å². The topological polar surface area (TPSA) is 92.3 Å². The molecule has 6 nitrogen and oxygen atoms in total. The van der Waals surface area contributed by atoms with Gasteiger partial charge in [-0.15, -0.1) is 0 Å². The average molecular weight is 401 g/mol. The molecule has 0 aliphatic carbocycles. The summed E-state index contributed by atoms with van der Waals surface area (Å²) in [7, 11) is -3.94. The number of carbonyl (C=O) groups is 2. The Hall–Kier alpha value is -2.67. The van der Waals surface area contributed by atoms with E-state index in [0.717, 1.165) is 11.1 Å². The molecule has 148 valence electrons. The minimum atomic E-state index is -3.94. The molecule has 2 amide bonds. The Morgan fingerprint density at radius 1 is 1.11 bits per heavy atom. The molecule has 0 aromatic heterocycles. The minimum Gasteiger partial charge on any atom is -0.326 e. The van der Waals surface area contributed by atoms with Gasteiger partial charge in [0.25, 0.3) is 0 Å². The fraction of sp³-hybridized carbons (Fsp3) is 0.333. The molecule has 0 bridgehead atoms. The highest BCUT2D eigenvalue weighted by Crippen LogP contribution is 2.34. The molecule has 0 saturated carbocycles. The Balaban J connectivity index is 1.88. The van der Waals surface area contributed by atoms with E-state index in [1.165, 1.54) is 12.1 Å². The Labute approximate surface area is 165 Å². The Morgan fingerprint density at radius 3 is 2.46 bits per heavy atom. The van der Waals surface area contributed by atoms with Crippen molar-refractivity contribution < 1.29 is 18.0 Å². The van der Waals surface area contributed by atoms with Crippen LogP contribution >= 0.6 is 0 Å². The maximum absolute atomic E-state index is 12.9. The van der Waals surface area contributed by atoms with Crippen molar-refractivity contribution in [1.29, 1.82) is 0 Å². The molecule has 0 fully saturated rings. The molecule has 0 saturated heterocycles. The predicted octanol–water partition coefficient (Wildman–Crippen LogP) is 3.42. The molecule has 2 aromatic carbocycles. The van der Waals surface area contributed by atoms with Crippen molar-refractivity contribution >= 4 is 33.0 Å². The van der Waals surface area contributed by atoms with Crippen LogP contribution in [0.3, 0.4) is 0 Å². The van der Waals surface area contributed by atoms with Gasteiger partial charge in [-0.25, -0.2) is 8.42 Å². The predicted molar refractivity (Wildman–Crippen MR) is 109 cm³/mol. The van der Waals surface area contributed by atoms with Crippen molar-refractivity contribution in [2.45, 2.75) is 49.7 Å². The third-order valence-corrected chi connectivity index (χ3v) is 6.93. The van der Waals surface area contributed by atoms with E-state index in [4.69, 9.17) is 0 Å². The summed E-state index contributed by atoms with van der Waals surface area (Å²) in [5, 5.41) is 3.96. The lowest BCUT2D eigenvalue weighted by Crippen LogP contribution is -2.42. The summed E-state index contributed by atoms with van der Waals surface area (Å²) in [6.45, 7) is 7.99. The van der Waals surface area contributed by atoms with Crippen LogP contribution in [0.15, 0.2) is 47.4 Å². The van der Waals surface area contributed by atoms with E-state index < -0.39 is 33.3 Å². The first-order valence-electron chi connectivity index (χ1n) is 9.05. The van der Waals surface area contributed by atoms with E-state index in [1.807, 2.05) is 45.9 Å². The molecular weight excluding hydrogens is 376 g/mol. The molecule has 1 aliphatic rings. The normalized spacial score (nSPS) is 18.1. The highest BCUT2D eigenvalue weighted by atomic mass is 32.2. The van der Waals surface area contributed by atoms with Gasteiger partial charge in [-0.05, 0) is 35.6 Å². The van der Waals surface area contributed by atoms with E-state index in [-0.39, 0.29) is 16.0 Å². The molecule has 1 atom stereocenters. The van der Waals surface area contributed by atoms with Gasteiger partial charge in [-0.3, -0.25) is 9.59 Å². The minimum absolute atomic E-state index is 0.0404. The lowest BCUT2D eigenvalue weighted by molar-refractivity contribution is -0.121. The summed E-state index contributed by atoms with van der Waals surface area (Å²) in [6.07, 6.45) is -0.444. The second-order valence-corrected chi connectivity index (χ2v) is 10.1. The third-order valence-electron chi connectivity index (χ3n) is 4.83. The van der Waals surface area contributed by atoms with Crippen LogP contribution in [-0.4, -0.2) is 25.5 Å². The average Bonchev–Trinajstić information content (AvgIpc) is 2.59. The Kier molecular flexibility index (Phi) is 5.06. The second kappa shape index (κ2) is 7.05.